The van der Waals surface area contributed by atoms with Crippen molar-refractivity contribution < 1.29 is 0 Å². The Hall–Kier alpha value is -10.9. The molecule has 4 aliphatic rings. The van der Waals surface area contributed by atoms with Crippen molar-refractivity contribution >= 4 is 165 Å². The van der Waals surface area contributed by atoms with E-state index in [1.807, 2.05) is 11.8 Å². The van der Waals surface area contributed by atoms with Crippen LogP contribution in [0.15, 0.2) is 331 Å². The van der Waals surface area contributed by atoms with Gasteiger partial charge >= 0.3 is 0 Å². The minimum Gasteiger partial charge on any atom is -0.311 e. The molecule has 5 nitrogen and oxygen atoms in total. The molecule has 8 heteroatoms. The molecule has 4 aliphatic heterocycles. The van der Waals surface area contributed by atoms with Gasteiger partial charge in [-0.2, -0.15) is 0 Å². The molecule has 410 valence electrons. The zero-order valence-electron chi connectivity index (χ0n) is 47.9. The smallest absolute Gasteiger partial charge is 0.252 e. The number of anilines is 15. The first-order valence-electron chi connectivity index (χ1n) is 30.3. The van der Waals surface area contributed by atoms with E-state index in [-0.39, 0.29) is 13.4 Å². The molecule has 0 fully saturated rings. The van der Waals surface area contributed by atoms with Crippen molar-refractivity contribution in [1.29, 1.82) is 0 Å². The number of para-hydroxylation sites is 9. The third-order valence-electron chi connectivity index (χ3n) is 18.3. The lowest BCUT2D eigenvalue weighted by Gasteiger charge is -2.46. The van der Waals surface area contributed by atoms with E-state index in [1.54, 1.807) is 0 Å². The number of hydrogen-bond donors (Lipinski definition) is 0. The zero-order chi connectivity index (χ0) is 57.8. The van der Waals surface area contributed by atoms with E-state index in [0.717, 1.165) is 56.6 Å². The highest BCUT2D eigenvalue weighted by Crippen LogP contribution is 2.52. The lowest BCUT2D eigenvalue weighted by molar-refractivity contribution is 1.25. The SMILES string of the molecule is c1ccc(N(c2ccccc2)c2ccc3c4c5c(cc3c2)N(c2ccccc2)c2ccccc2B5c2cc3c(cc2S4)N(c2ccccc2)c2c4c(cc5cc(N(c6ccccc6)c6ccccc6)ccc25)N(c2ccccc2)c2ccccc2B34)cc1. The van der Waals surface area contributed by atoms with Gasteiger partial charge in [-0.25, -0.2) is 0 Å². The van der Waals surface area contributed by atoms with Crippen LogP contribution in [0.3, 0.4) is 0 Å². The summed E-state index contributed by atoms with van der Waals surface area (Å²) in [5.41, 5.74) is 25.0. The van der Waals surface area contributed by atoms with Crippen LogP contribution >= 0.6 is 11.8 Å². The summed E-state index contributed by atoms with van der Waals surface area (Å²) in [4.78, 5) is 15.0. The molecule has 0 spiro atoms. The van der Waals surface area contributed by atoms with Crippen LogP contribution in [0.5, 0.6) is 0 Å². The Morgan fingerprint density at radius 3 is 1.12 bits per heavy atom. The first-order valence-corrected chi connectivity index (χ1v) is 31.1. The van der Waals surface area contributed by atoms with Gasteiger partial charge in [0.25, 0.3) is 6.71 Å². The maximum atomic E-state index is 2.64. The number of nitrogens with zero attached hydrogens (tertiary/aromatic N) is 5. The molecule has 0 saturated heterocycles. The average Bonchev–Trinajstić information content (AvgIpc) is 0.720. The highest BCUT2D eigenvalue weighted by molar-refractivity contribution is 8.00. The Kier molecular flexibility index (Phi) is 11.7. The summed E-state index contributed by atoms with van der Waals surface area (Å²) >= 11 is 1.94. The van der Waals surface area contributed by atoms with Crippen LogP contribution in [0.1, 0.15) is 0 Å². The van der Waals surface area contributed by atoms with Gasteiger partial charge in [0.2, 0.25) is 6.71 Å². The Balaban J connectivity index is 0.907. The van der Waals surface area contributed by atoms with Gasteiger partial charge in [0, 0.05) is 94.8 Å². The lowest BCUT2D eigenvalue weighted by Crippen LogP contribution is -2.64. The largest absolute Gasteiger partial charge is 0.311 e. The Bertz CT molecular complexity index is 4960. The zero-order valence-corrected chi connectivity index (χ0v) is 48.7. The molecule has 4 heterocycles. The third kappa shape index (κ3) is 7.85. The summed E-state index contributed by atoms with van der Waals surface area (Å²) in [6.45, 7) is -0.164. The molecule has 0 aliphatic carbocycles. The van der Waals surface area contributed by atoms with Crippen LogP contribution in [-0.2, 0) is 0 Å². The van der Waals surface area contributed by atoms with Crippen LogP contribution < -0.4 is 57.3 Å². The molecule has 0 aromatic heterocycles. The lowest BCUT2D eigenvalue weighted by atomic mass is 9.31. The van der Waals surface area contributed by atoms with Crippen molar-refractivity contribution in [2.45, 2.75) is 9.79 Å². The predicted octanol–water partition coefficient (Wildman–Crippen LogP) is 17.8. The molecule has 0 unspecified atom stereocenters. The normalized spacial score (nSPS) is 13.1. The first-order chi connectivity index (χ1) is 43.7. The maximum absolute atomic E-state index is 2.64. The van der Waals surface area contributed by atoms with E-state index < -0.39 is 0 Å². The molecule has 18 rings (SSSR count). The predicted molar refractivity (Wildman–Crippen MR) is 375 cm³/mol. The molecule has 0 saturated carbocycles. The van der Waals surface area contributed by atoms with Gasteiger partial charge in [-0.05, 0) is 183 Å². The second-order valence-electron chi connectivity index (χ2n) is 23.2. The van der Waals surface area contributed by atoms with Gasteiger partial charge in [0.05, 0.1) is 5.69 Å². The number of hydrogen-bond acceptors (Lipinski definition) is 6. The fraction of sp³-hybridized carbons (Fsp3) is 0. The van der Waals surface area contributed by atoms with Gasteiger partial charge < -0.3 is 24.5 Å². The molecule has 0 atom stereocenters. The number of rotatable bonds is 9. The standard InChI is InChI=1S/C80H53B2N5S/c1-8-26-56(27-9-1)83(57-28-10-2-11-29-57)63-44-46-65-54(48-63)50-74-77-79(65)87(62-38-20-7-21-39-62)73-53-76-70(52-69(73)81(77)67-40-22-24-42-71(67)85(74)60-34-16-5-17-35-60)82-68-41-23-25-43-72(68)86(61-36-18-6-19-37-61)75-51-55-49-64(45-47-66(55)80(88-76)78(75)82)84(58-30-12-3-13-31-58)59-32-14-4-15-33-59/h1-53H. The van der Waals surface area contributed by atoms with Crippen LogP contribution in [0.2, 0.25) is 0 Å². The topological polar surface area (TPSA) is 16.2 Å². The maximum Gasteiger partial charge on any atom is 0.252 e. The molecule has 0 bridgehead atoms. The van der Waals surface area contributed by atoms with Crippen LogP contribution in [0.4, 0.5) is 85.3 Å². The summed E-state index contributed by atoms with van der Waals surface area (Å²) in [5, 5.41) is 4.79. The summed E-state index contributed by atoms with van der Waals surface area (Å²) in [7, 11) is 0. The fourth-order valence-corrected chi connectivity index (χ4v) is 16.0. The van der Waals surface area contributed by atoms with Crippen LogP contribution in [-0.4, -0.2) is 13.4 Å². The molecular weight excluding hydrogens is 1080 g/mol. The third-order valence-corrected chi connectivity index (χ3v) is 19.5. The fourth-order valence-electron chi connectivity index (χ4n) is 14.7. The highest BCUT2D eigenvalue weighted by Gasteiger charge is 2.48. The molecule has 0 amide bonds. The van der Waals surface area contributed by atoms with Crippen molar-refractivity contribution in [3.8, 4) is 0 Å². The van der Waals surface area contributed by atoms with E-state index >= 15 is 0 Å². The summed E-state index contributed by atoms with van der Waals surface area (Å²) in [6.07, 6.45) is 0. The molecule has 0 radical (unpaired) electrons. The molecule has 14 aromatic carbocycles. The molecular formula is C80H53B2N5S. The van der Waals surface area contributed by atoms with E-state index in [1.165, 1.54) is 92.9 Å². The van der Waals surface area contributed by atoms with Gasteiger partial charge in [0.15, 0.2) is 0 Å². The monoisotopic (exact) mass is 1140 g/mol. The van der Waals surface area contributed by atoms with E-state index in [0.29, 0.717) is 0 Å². The highest BCUT2D eigenvalue weighted by atomic mass is 32.2. The summed E-state index contributed by atoms with van der Waals surface area (Å²) in [6, 6.07) is 119. The summed E-state index contributed by atoms with van der Waals surface area (Å²) in [5.74, 6) is 0. The van der Waals surface area contributed by atoms with Crippen molar-refractivity contribution in [3.05, 3.63) is 322 Å². The average molecular weight is 1140 g/mol. The van der Waals surface area contributed by atoms with Crippen molar-refractivity contribution in [3.63, 3.8) is 0 Å². The second kappa shape index (κ2) is 20.4. The Morgan fingerprint density at radius 2 is 0.648 bits per heavy atom. The van der Waals surface area contributed by atoms with Gasteiger partial charge in [0.1, 0.15) is 0 Å². The molecule has 88 heavy (non-hydrogen) atoms. The molecule has 0 N–H and O–H groups in total. The van der Waals surface area contributed by atoms with Crippen LogP contribution in [0.25, 0.3) is 21.5 Å². The van der Waals surface area contributed by atoms with Gasteiger partial charge in [-0.15, -0.1) is 0 Å². The van der Waals surface area contributed by atoms with E-state index in [9.17, 15) is 0 Å². The van der Waals surface area contributed by atoms with Crippen LogP contribution in [0, 0.1) is 0 Å². The van der Waals surface area contributed by atoms with Gasteiger partial charge in [-0.3, -0.25) is 0 Å². The quantitative estimate of drug-likeness (QED) is 0.133. The second-order valence-corrected chi connectivity index (χ2v) is 24.2. The van der Waals surface area contributed by atoms with E-state index in [4.69, 9.17) is 0 Å². The summed E-state index contributed by atoms with van der Waals surface area (Å²) < 4.78 is 0. The first kappa shape index (κ1) is 50.4. The minimum absolute atomic E-state index is 0.0604. The Labute approximate surface area is 517 Å². The minimum atomic E-state index is -0.103. The number of benzene rings is 14. The van der Waals surface area contributed by atoms with Crippen molar-refractivity contribution in [2.24, 2.45) is 0 Å². The van der Waals surface area contributed by atoms with Gasteiger partial charge in [-0.1, -0.05) is 199 Å². The number of fused-ring (bicyclic) bond motifs is 12. The molecule has 14 aromatic rings. The van der Waals surface area contributed by atoms with Crippen molar-refractivity contribution in [2.75, 3.05) is 24.5 Å². The van der Waals surface area contributed by atoms with Crippen molar-refractivity contribution in [1.82, 2.24) is 0 Å². The Morgan fingerprint density at radius 1 is 0.261 bits per heavy atom. The van der Waals surface area contributed by atoms with E-state index in [2.05, 4.69) is 346 Å².